The van der Waals surface area contributed by atoms with E-state index >= 15 is 0 Å². The van der Waals surface area contributed by atoms with Crippen molar-refractivity contribution in [3.05, 3.63) is 35.4 Å². The number of benzene rings is 1. The minimum absolute atomic E-state index is 0.116. The van der Waals surface area contributed by atoms with Crippen molar-refractivity contribution in [1.29, 1.82) is 0 Å². The van der Waals surface area contributed by atoms with Crippen LogP contribution in [0.25, 0.3) is 0 Å². The van der Waals surface area contributed by atoms with E-state index in [2.05, 4.69) is 29.6 Å². The van der Waals surface area contributed by atoms with Gasteiger partial charge >= 0.3 is 0 Å². The molecular weight excluding hydrogens is 266 g/mol. The number of nitrogens with one attached hydrogen (secondary N) is 1. The molecule has 21 heavy (non-hydrogen) atoms. The third-order valence-corrected chi connectivity index (χ3v) is 4.88. The first-order valence-corrected chi connectivity index (χ1v) is 7.61. The maximum Gasteiger partial charge on any atom is 0.224 e. The van der Waals surface area contributed by atoms with E-state index in [0.29, 0.717) is 11.8 Å². The van der Waals surface area contributed by atoms with E-state index in [9.17, 15) is 4.79 Å². The first-order chi connectivity index (χ1) is 10.2. The second-order valence-electron chi connectivity index (χ2n) is 6.09. The second kappa shape index (κ2) is 5.78. The molecule has 4 unspecified atom stereocenters. The van der Waals surface area contributed by atoms with E-state index in [1.807, 2.05) is 6.92 Å². The smallest absolute Gasteiger partial charge is 0.224 e. The zero-order valence-corrected chi connectivity index (χ0v) is 12.8. The van der Waals surface area contributed by atoms with Gasteiger partial charge < -0.3 is 14.8 Å². The molecule has 4 nitrogen and oxygen atoms in total. The van der Waals surface area contributed by atoms with Gasteiger partial charge in [0, 0.05) is 20.1 Å². The maximum atomic E-state index is 12.5. The molecule has 0 bridgehead atoms. The maximum absolute atomic E-state index is 12.5. The van der Waals surface area contributed by atoms with Crippen LogP contribution in [0.2, 0.25) is 0 Å². The van der Waals surface area contributed by atoms with Gasteiger partial charge in [-0.1, -0.05) is 24.3 Å². The average Bonchev–Trinajstić information content (AvgIpc) is 3.23. The predicted octanol–water partition coefficient (Wildman–Crippen LogP) is 2.09. The van der Waals surface area contributed by atoms with E-state index in [0.717, 1.165) is 12.8 Å². The normalized spacial score (nSPS) is 27.7. The number of aryl methyl sites for hydroxylation is 1. The summed E-state index contributed by atoms with van der Waals surface area (Å²) in [7, 11) is 3.17. The number of fused-ring (bicyclic) bond motifs is 3. The molecule has 4 heteroatoms. The number of rotatable bonds is 5. The third-order valence-electron chi connectivity index (χ3n) is 4.88. The molecule has 1 N–H and O–H groups in total. The summed E-state index contributed by atoms with van der Waals surface area (Å²) < 4.78 is 10.4. The van der Waals surface area contributed by atoms with Gasteiger partial charge in [0.05, 0.1) is 6.04 Å². The monoisotopic (exact) mass is 289 g/mol. The zero-order valence-electron chi connectivity index (χ0n) is 12.8. The fraction of sp³-hybridized carbons (Fsp3) is 0.588. The van der Waals surface area contributed by atoms with Crippen LogP contribution in [0.1, 0.15) is 30.4 Å². The lowest BCUT2D eigenvalue weighted by Crippen LogP contribution is -2.43. The van der Waals surface area contributed by atoms with E-state index < -0.39 is 6.29 Å². The Morgan fingerprint density at radius 2 is 2.00 bits per heavy atom. The van der Waals surface area contributed by atoms with Crippen LogP contribution in [0.15, 0.2) is 24.3 Å². The molecule has 0 aromatic heterocycles. The second-order valence-corrected chi connectivity index (χ2v) is 6.09. The highest BCUT2D eigenvalue weighted by molar-refractivity contribution is 5.84. The molecule has 114 valence electrons. The summed E-state index contributed by atoms with van der Waals surface area (Å²) in [6, 6.07) is 8.37. The average molecular weight is 289 g/mol. The van der Waals surface area contributed by atoms with Crippen molar-refractivity contribution in [3.8, 4) is 0 Å². The molecule has 3 rings (SSSR count). The minimum atomic E-state index is -0.401. The Balaban J connectivity index is 1.66. The summed E-state index contributed by atoms with van der Waals surface area (Å²) in [6.45, 7) is 1.91. The van der Waals surface area contributed by atoms with Crippen LogP contribution in [0.4, 0.5) is 0 Å². The van der Waals surface area contributed by atoms with Gasteiger partial charge in [-0.3, -0.25) is 4.79 Å². The quantitative estimate of drug-likeness (QED) is 0.844. The Morgan fingerprint density at radius 3 is 2.71 bits per heavy atom. The lowest BCUT2D eigenvalue weighted by atomic mass is 9.92. The van der Waals surface area contributed by atoms with Crippen LogP contribution in [0.3, 0.4) is 0 Å². The summed E-state index contributed by atoms with van der Waals surface area (Å²) in [5, 5.41) is 3.04. The summed E-state index contributed by atoms with van der Waals surface area (Å²) in [5.74, 6) is 1.17. The molecule has 0 radical (unpaired) electrons. The molecule has 1 aromatic rings. The number of hydrogen-bond acceptors (Lipinski definition) is 3. The molecule has 2 aliphatic rings. The van der Waals surface area contributed by atoms with E-state index in [-0.39, 0.29) is 17.9 Å². The molecule has 0 saturated heterocycles. The van der Waals surface area contributed by atoms with Gasteiger partial charge in [-0.25, -0.2) is 0 Å². The molecular formula is C17H23NO3. The lowest BCUT2D eigenvalue weighted by molar-refractivity contribution is -0.136. The largest absolute Gasteiger partial charge is 0.354 e. The highest BCUT2D eigenvalue weighted by atomic mass is 16.7. The molecule has 0 aliphatic heterocycles. The van der Waals surface area contributed by atoms with Crippen LogP contribution in [-0.2, 0) is 20.7 Å². The van der Waals surface area contributed by atoms with E-state index in [4.69, 9.17) is 9.47 Å². The first kappa shape index (κ1) is 14.5. The Hall–Kier alpha value is -1.39. The highest BCUT2D eigenvalue weighted by Gasteiger charge is 2.57. The molecule has 1 fully saturated rings. The van der Waals surface area contributed by atoms with Crippen molar-refractivity contribution in [1.82, 2.24) is 5.32 Å². The number of carbonyl (C=O) groups excluding carboxylic acids is 1. The van der Waals surface area contributed by atoms with Gasteiger partial charge in [0.2, 0.25) is 5.91 Å². The Morgan fingerprint density at radius 1 is 1.29 bits per heavy atom. The highest BCUT2D eigenvalue weighted by Crippen LogP contribution is 2.59. The fourth-order valence-corrected chi connectivity index (χ4v) is 3.82. The minimum Gasteiger partial charge on any atom is -0.354 e. The molecule has 1 aromatic carbocycles. The van der Waals surface area contributed by atoms with Crippen molar-refractivity contribution in [2.24, 2.45) is 11.8 Å². The van der Waals surface area contributed by atoms with Crippen molar-refractivity contribution in [2.75, 3.05) is 14.2 Å². The first-order valence-electron chi connectivity index (χ1n) is 7.61. The molecule has 4 atom stereocenters. The number of amides is 1. The van der Waals surface area contributed by atoms with Gasteiger partial charge in [0.1, 0.15) is 0 Å². The molecule has 2 aliphatic carbocycles. The van der Waals surface area contributed by atoms with Crippen LogP contribution in [0, 0.1) is 11.8 Å². The molecule has 0 heterocycles. The van der Waals surface area contributed by atoms with Crippen molar-refractivity contribution in [2.45, 2.75) is 38.0 Å². The van der Waals surface area contributed by atoms with Gasteiger partial charge in [-0.05, 0) is 42.7 Å². The van der Waals surface area contributed by atoms with Crippen molar-refractivity contribution >= 4 is 5.91 Å². The Bertz CT molecular complexity index is 527. The SMILES string of the molecule is COC(OC)C(C)NC(=O)C1C2CCc3ccccc3C21. The Kier molecular flexibility index (Phi) is 4.00. The van der Waals surface area contributed by atoms with E-state index in [1.165, 1.54) is 11.1 Å². The molecule has 1 amide bonds. The van der Waals surface area contributed by atoms with E-state index in [1.54, 1.807) is 14.2 Å². The van der Waals surface area contributed by atoms with Crippen molar-refractivity contribution in [3.63, 3.8) is 0 Å². The summed E-state index contributed by atoms with van der Waals surface area (Å²) in [5.41, 5.74) is 2.78. The van der Waals surface area contributed by atoms with Crippen LogP contribution < -0.4 is 5.32 Å². The van der Waals surface area contributed by atoms with Crippen LogP contribution in [-0.4, -0.2) is 32.5 Å². The predicted molar refractivity (Wildman–Crippen MR) is 79.9 cm³/mol. The number of ether oxygens (including phenoxy) is 2. The van der Waals surface area contributed by atoms with Crippen molar-refractivity contribution < 1.29 is 14.3 Å². The third kappa shape index (κ3) is 2.58. The number of hydrogen-bond donors (Lipinski definition) is 1. The molecule has 1 saturated carbocycles. The van der Waals surface area contributed by atoms with Gasteiger partial charge in [-0.15, -0.1) is 0 Å². The van der Waals surface area contributed by atoms with Crippen LogP contribution in [0.5, 0.6) is 0 Å². The lowest BCUT2D eigenvalue weighted by Gasteiger charge is -2.22. The fourth-order valence-electron chi connectivity index (χ4n) is 3.82. The van der Waals surface area contributed by atoms with Gasteiger partial charge in [0.15, 0.2) is 6.29 Å². The zero-order chi connectivity index (χ0) is 15.0. The number of methoxy groups -OCH3 is 2. The summed E-state index contributed by atoms with van der Waals surface area (Å²) >= 11 is 0. The topological polar surface area (TPSA) is 47.6 Å². The summed E-state index contributed by atoms with van der Waals surface area (Å²) in [4.78, 5) is 12.5. The standard InChI is InChI=1S/C17H23NO3/c1-10(17(20-2)21-3)18-16(19)15-13-9-8-11-6-4-5-7-12(11)14(13)15/h4-7,10,13-15,17H,8-9H2,1-3H3,(H,18,19). The Labute approximate surface area is 125 Å². The van der Waals surface area contributed by atoms with Gasteiger partial charge in [0.25, 0.3) is 0 Å². The number of carbonyl (C=O) groups is 1. The van der Waals surface area contributed by atoms with Crippen LogP contribution >= 0.6 is 0 Å². The molecule has 0 spiro atoms. The van der Waals surface area contributed by atoms with Gasteiger partial charge in [-0.2, -0.15) is 0 Å². The summed E-state index contributed by atoms with van der Waals surface area (Å²) in [6.07, 6.45) is 1.81.